The second-order valence-corrected chi connectivity index (χ2v) is 5.42. The Balaban J connectivity index is 1.67. The van der Waals surface area contributed by atoms with Crippen molar-refractivity contribution in [2.24, 2.45) is 0 Å². The third-order valence-electron chi connectivity index (χ3n) is 3.28. The van der Waals surface area contributed by atoms with Gasteiger partial charge in [0.25, 0.3) is 0 Å². The van der Waals surface area contributed by atoms with Crippen LogP contribution in [-0.4, -0.2) is 26.2 Å². The van der Waals surface area contributed by atoms with Gasteiger partial charge in [-0.15, -0.1) is 0 Å². The van der Waals surface area contributed by atoms with Crippen LogP contribution in [0.5, 0.6) is 11.5 Å². The highest BCUT2D eigenvalue weighted by molar-refractivity contribution is 6.30. The summed E-state index contributed by atoms with van der Waals surface area (Å²) in [4.78, 5) is 11.8. The Labute approximate surface area is 141 Å². The molecule has 1 amide bonds. The molecular weight excluding hydrogens is 314 g/mol. The van der Waals surface area contributed by atoms with E-state index in [2.05, 4.69) is 5.32 Å². The van der Waals surface area contributed by atoms with Crippen LogP contribution in [0.4, 0.5) is 0 Å². The fourth-order valence-electron chi connectivity index (χ4n) is 2.12. The molecule has 0 fully saturated rings. The summed E-state index contributed by atoms with van der Waals surface area (Å²) in [5.41, 5.74) is 1.10. The van der Waals surface area contributed by atoms with Crippen molar-refractivity contribution in [3.63, 3.8) is 0 Å². The maximum atomic E-state index is 11.8. The standard InChI is InChI=1S/C18H20ClNO3/c1-22-16-7-2-3-8-17(16)23-12-10-18(21)20-11-9-14-5-4-6-15(19)13-14/h2-8,13H,9-12H2,1H3,(H,20,21). The molecule has 0 radical (unpaired) electrons. The minimum Gasteiger partial charge on any atom is -0.493 e. The molecule has 0 spiro atoms. The van der Waals surface area contributed by atoms with Gasteiger partial charge in [-0.1, -0.05) is 35.9 Å². The van der Waals surface area contributed by atoms with Gasteiger partial charge in [0.15, 0.2) is 11.5 Å². The van der Waals surface area contributed by atoms with Crippen LogP contribution in [0.1, 0.15) is 12.0 Å². The highest BCUT2D eigenvalue weighted by Crippen LogP contribution is 2.25. The predicted octanol–water partition coefficient (Wildman–Crippen LogP) is 3.48. The van der Waals surface area contributed by atoms with E-state index < -0.39 is 0 Å². The van der Waals surface area contributed by atoms with Crippen molar-refractivity contribution in [1.82, 2.24) is 5.32 Å². The normalized spacial score (nSPS) is 10.2. The molecule has 0 aliphatic carbocycles. The first kappa shape index (κ1) is 17.2. The zero-order chi connectivity index (χ0) is 16.5. The van der Waals surface area contributed by atoms with Gasteiger partial charge >= 0.3 is 0 Å². The maximum Gasteiger partial charge on any atom is 0.223 e. The Morgan fingerprint density at radius 3 is 2.65 bits per heavy atom. The van der Waals surface area contributed by atoms with Crippen molar-refractivity contribution in [3.05, 3.63) is 59.1 Å². The number of hydrogen-bond acceptors (Lipinski definition) is 3. The van der Waals surface area contributed by atoms with E-state index >= 15 is 0 Å². The molecule has 4 nitrogen and oxygen atoms in total. The van der Waals surface area contributed by atoms with Crippen molar-refractivity contribution in [3.8, 4) is 11.5 Å². The number of halogens is 1. The van der Waals surface area contributed by atoms with Crippen molar-refractivity contribution < 1.29 is 14.3 Å². The van der Waals surface area contributed by atoms with Crippen molar-refractivity contribution >= 4 is 17.5 Å². The second kappa shape index (κ2) is 9.06. The number of methoxy groups -OCH3 is 1. The zero-order valence-electron chi connectivity index (χ0n) is 13.0. The quantitative estimate of drug-likeness (QED) is 0.804. The summed E-state index contributed by atoms with van der Waals surface area (Å²) in [6.07, 6.45) is 1.05. The Morgan fingerprint density at radius 1 is 1.13 bits per heavy atom. The molecule has 2 aromatic rings. The van der Waals surface area contributed by atoms with Crippen molar-refractivity contribution in [2.45, 2.75) is 12.8 Å². The highest BCUT2D eigenvalue weighted by Gasteiger charge is 2.05. The summed E-state index contributed by atoms with van der Waals surface area (Å²) in [6.45, 7) is 0.886. The Kier molecular flexibility index (Phi) is 6.76. The predicted molar refractivity (Wildman–Crippen MR) is 91.3 cm³/mol. The van der Waals surface area contributed by atoms with Crippen LogP contribution in [0, 0.1) is 0 Å². The van der Waals surface area contributed by atoms with Crippen molar-refractivity contribution in [1.29, 1.82) is 0 Å². The fraction of sp³-hybridized carbons (Fsp3) is 0.278. The molecule has 2 rings (SSSR count). The lowest BCUT2D eigenvalue weighted by atomic mass is 10.1. The average Bonchev–Trinajstić information content (AvgIpc) is 2.55. The molecule has 5 heteroatoms. The first-order valence-corrected chi connectivity index (χ1v) is 7.84. The van der Waals surface area contributed by atoms with Gasteiger partial charge in [-0.3, -0.25) is 4.79 Å². The molecule has 0 heterocycles. The Bertz CT molecular complexity index is 646. The monoisotopic (exact) mass is 333 g/mol. The molecule has 0 saturated heterocycles. The number of carbonyl (C=O) groups is 1. The molecule has 0 aliphatic heterocycles. The van der Waals surface area contributed by atoms with E-state index in [4.69, 9.17) is 21.1 Å². The minimum absolute atomic E-state index is 0.0399. The number of rotatable bonds is 8. The third kappa shape index (κ3) is 5.83. The van der Waals surface area contributed by atoms with Gasteiger partial charge in [-0.25, -0.2) is 0 Å². The lowest BCUT2D eigenvalue weighted by Gasteiger charge is -2.10. The topological polar surface area (TPSA) is 47.6 Å². The van der Waals surface area contributed by atoms with Gasteiger partial charge < -0.3 is 14.8 Å². The number of benzene rings is 2. The zero-order valence-corrected chi connectivity index (χ0v) is 13.8. The molecule has 0 bridgehead atoms. The van der Waals surface area contributed by atoms with E-state index in [0.717, 1.165) is 12.0 Å². The number of amides is 1. The molecule has 0 saturated carbocycles. The maximum absolute atomic E-state index is 11.8. The van der Waals surface area contributed by atoms with Gasteiger partial charge in [0, 0.05) is 11.6 Å². The second-order valence-electron chi connectivity index (χ2n) is 4.98. The van der Waals surface area contributed by atoms with Crippen LogP contribution in [0.3, 0.4) is 0 Å². The van der Waals surface area contributed by atoms with Crippen LogP contribution < -0.4 is 14.8 Å². The largest absolute Gasteiger partial charge is 0.493 e. The summed E-state index contributed by atoms with van der Waals surface area (Å²) in [6, 6.07) is 15.0. The molecule has 23 heavy (non-hydrogen) atoms. The summed E-state index contributed by atoms with van der Waals surface area (Å²) >= 11 is 5.92. The summed E-state index contributed by atoms with van der Waals surface area (Å²) in [7, 11) is 1.59. The van der Waals surface area contributed by atoms with Crippen LogP contribution in [0.15, 0.2) is 48.5 Å². The summed E-state index contributed by atoms with van der Waals surface area (Å²) < 4.78 is 10.8. The van der Waals surface area contributed by atoms with Gasteiger partial charge in [0.1, 0.15) is 0 Å². The van der Waals surface area contributed by atoms with E-state index in [9.17, 15) is 4.79 Å². The third-order valence-corrected chi connectivity index (χ3v) is 3.52. The van der Waals surface area contributed by atoms with E-state index in [1.165, 1.54) is 0 Å². The van der Waals surface area contributed by atoms with Crippen LogP contribution >= 0.6 is 11.6 Å². The van der Waals surface area contributed by atoms with E-state index in [1.807, 2.05) is 48.5 Å². The van der Waals surface area contributed by atoms with Gasteiger partial charge in [0.2, 0.25) is 5.91 Å². The van der Waals surface area contributed by atoms with E-state index in [1.54, 1.807) is 7.11 Å². The number of nitrogens with one attached hydrogen (secondary N) is 1. The molecule has 1 N–H and O–H groups in total. The van der Waals surface area contributed by atoms with Crippen LogP contribution in [-0.2, 0) is 11.2 Å². The molecular formula is C18H20ClNO3. The number of ether oxygens (including phenoxy) is 2. The van der Waals surface area contributed by atoms with Crippen LogP contribution in [0.25, 0.3) is 0 Å². The SMILES string of the molecule is COc1ccccc1OCCC(=O)NCCc1cccc(Cl)c1. The van der Waals surface area contributed by atoms with E-state index in [0.29, 0.717) is 36.1 Å². The first-order chi connectivity index (χ1) is 11.2. The lowest BCUT2D eigenvalue weighted by Crippen LogP contribution is -2.27. The number of carbonyl (C=O) groups excluding carboxylic acids is 1. The van der Waals surface area contributed by atoms with Gasteiger partial charge in [-0.2, -0.15) is 0 Å². The molecule has 0 atom stereocenters. The Hall–Kier alpha value is -2.20. The minimum atomic E-state index is -0.0399. The summed E-state index contributed by atoms with van der Waals surface area (Å²) in [5.74, 6) is 1.26. The Morgan fingerprint density at radius 2 is 1.91 bits per heavy atom. The van der Waals surface area contributed by atoms with Crippen LogP contribution in [0.2, 0.25) is 5.02 Å². The lowest BCUT2D eigenvalue weighted by molar-refractivity contribution is -0.121. The average molecular weight is 334 g/mol. The molecule has 2 aromatic carbocycles. The summed E-state index contributed by atoms with van der Waals surface area (Å²) in [5, 5.41) is 3.58. The molecule has 0 unspecified atom stereocenters. The fourth-order valence-corrected chi connectivity index (χ4v) is 2.33. The van der Waals surface area contributed by atoms with Gasteiger partial charge in [-0.05, 0) is 36.2 Å². The highest BCUT2D eigenvalue weighted by atomic mass is 35.5. The van der Waals surface area contributed by atoms with E-state index in [-0.39, 0.29) is 5.91 Å². The molecule has 0 aromatic heterocycles. The smallest absolute Gasteiger partial charge is 0.223 e. The van der Waals surface area contributed by atoms with Gasteiger partial charge in [0.05, 0.1) is 20.1 Å². The van der Waals surface area contributed by atoms with Crippen molar-refractivity contribution in [2.75, 3.05) is 20.3 Å². The first-order valence-electron chi connectivity index (χ1n) is 7.46. The number of hydrogen-bond donors (Lipinski definition) is 1. The number of para-hydroxylation sites is 2. The molecule has 122 valence electrons. The molecule has 0 aliphatic rings.